The zero-order valence-electron chi connectivity index (χ0n) is 11.0. The fourth-order valence-corrected chi connectivity index (χ4v) is 2.51. The summed E-state index contributed by atoms with van der Waals surface area (Å²) in [6.07, 6.45) is 0.500. The first-order chi connectivity index (χ1) is 8.97. The van der Waals surface area contributed by atoms with E-state index in [9.17, 15) is 9.59 Å². The van der Waals surface area contributed by atoms with Crippen molar-refractivity contribution in [3.8, 4) is 0 Å². The molecule has 5 nitrogen and oxygen atoms in total. The Morgan fingerprint density at radius 1 is 1.58 bits per heavy atom. The highest BCUT2D eigenvalue weighted by Crippen LogP contribution is 2.19. The fourth-order valence-electron chi connectivity index (χ4n) is 2.20. The maximum atomic E-state index is 11.8. The third-order valence-electron chi connectivity index (χ3n) is 3.21. The van der Waals surface area contributed by atoms with Crippen LogP contribution >= 0.6 is 15.9 Å². The molecule has 0 aromatic carbocycles. The predicted octanol–water partition coefficient (Wildman–Crippen LogP) is 2.03. The molecule has 2 heterocycles. The molecule has 1 unspecified atom stereocenters. The van der Waals surface area contributed by atoms with E-state index in [0.717, 1.165) is 0 Å². The van der Waals surface area contributed by atoms with Gasteiger partial charge in [0.05, 0.1) is 0 Å². The van der Waals surface area contributed by atoms with Crippen molar-refractivity contribution in [3.05, 3.63) is 22.6 Å². The summed E-state index contributed by atoms with van der Waals surface area (Å²) in [6, 6.07) is 3.50. The molecule has 0 bridgehead atoms. The Hall–Kier alpha value is -1.30. The van der Waals surface area contributed by atoms with Gasteiger partial charge >= 0.3 is 0 Å². The highest BCUT2D eigenvalue weighted by atomic mass is 79.9. The van der Waals surface area contributed by atoms with Crippen LogP contribution in [0.15, 0.2) is 21.2 Å². The minimum atomic E-state index is -0.249. The molecule has 0 aliphatic carbocycles. The minimum Gasteiger partial charge on any atom is -0.444 e. The number of halogens is 1. The highest BCUT2D eigenvalue weighted by Gasteiger charge is 2.31. The average Bonchev–Trinajstić information content (AvgIpc) is 2.92. The zero-order valence-corrected chi connectivity index (χ0v) is 12.6. The van der Waals surface area contributed by atoms with Crippen LogP contribution in [0.2, 0.25) is 0 Å². The Kier molecular flexibility index (Phi) is 4.29. The minimum absolute atomic E-state index is 0.162. The summed E-state index contributed by atoms with van der Waals surface area (Å²) in [4.78, 5) is 25.4. The van der Waals surface area contributed by atoms with Crippen molar-refractivity contribution < 1.29 is 14.0 Å². The van der Waals surface area contributed by atoms with Gasteiger partial charge in [0.1, 0.15) is 0 Å². The summed E-state index contributed by atoms with van der Waals surface area (Å²) < 4.78 is 5.70. The van der Waals surface area contributed by atoms with Gasteiger partial charge in [-0.3, -0.25) is 9.59 Å². The van der Waals surface area contributed by atoms with E-state index in [1.54, 1.807) is 12.1 Å². The van der Waals surface area contributed by atoms with Gasteiger partial charge in [0, 0.05) is 31.5 Å². The second-order valence-electron chi connectivity index (χ2n) is 5.02. The number of likely N-dealkylation sites (tertiary alicyclic amines) is 1. The lowest BCUT2D eigenvalue weighted by Crippen LogP contribution is -2.34. The van der Waals surface area contributed by atoms with E-state index in [0.29, 0.717) is 24.2 Å². The molecular weight excluding hydrogens is 312 g/mol. The lowest BCUT2D eigenvalue weighted by Gasteiger charge is -2.20. The number of rotatable bonds is 4. The second kappa shape index (κ2) is 5.77. The molecule has 6 heteroatoms. The number of carbonyl (C=O) groups excluding carboxylic acids is 2. The van der Waals surface area contributed by atoms with Crippen molar-refractivity contribution in [3.63, 3.8) is 0 Å². The summed E-state index contributed by atoms with van der Waals surface area (Å²) in [5.41, 5.74) is 0. The monoisotopic (exact) mass is 328 g/mol. The lowest BCUT2D eigenvalue weighted by molar-refractivity contribution is -0.129. The number of nitrogens with one attached hydrogen (secondary N) is 1. The van der Waals surface area contributed by atoms with E-state index in [-0.39, 0.29) is 29.5 Å². The molecule has 1 N–H and O–H groups in total. The molecule has 1 aliphatic rings. The number of carbonyl (C=O) groups is 2. The van der Waals surface area contributed by atoms with Crippen LogP contribution in [0.1, 0.15) is 30.8 Å². The Bertz CT molecular complexity index is 484. The quantitative estimate of drug-likeness (QED) is 0.919. The van der Waals surface area contributed by atoms with Gasteiger partial charge < -0.3 is 14.6 Å². The topological polar surface area (TPSA) is 62.6 Å². The van der Waals surface area contributed by atoms with Crippen molar-refractivity contribution >= 4 is 27.7 Å². The Morgan fingerprint density at radius 3 is 2.84 bits per heavy atom. The van der Waals surface area contributed by atoms with Crippen molar-refractivity contribution in [1.82, 2.24) is 10.2 Å². The number of nitrogens with zero attached hydrogens (tertiary/aromatic N) is 1. The molecule has 19 heavy (non-hydrogen) atoms. The number of furan rings is 1. The van der Waals surface area contributed by atoms with Crippen LogP contribution in [0, 0.1) is 5.92 Å². The normalized spacial score (nSPS) is 19.3. The third-order valence-corrected chi connectivity index (χ3v) is 3.64. The highest BCUT2D eigenvalue weighted by molar-refractivity contribution is 9.10. The largest absolute Gasteiger partial charge is 0.444 e. The van der Waals surface area contributed by atoms with E-state index in [1.807, 2.05) is 18.7 Å². The lowest BCUT2D eigenvalue weighted by atomic mass is 10.1. The van der Waals surface area contributed by atoms with Crippen molar-refractivity contribution in [2.75, 3.05) is 13.1 Å². The average molecular weight is 329 g/mol. The van der Waals surface area contributed by atoms with Crippen LogP contribution in [-0.4, -0.2) is 35.8 Å². The fraction of sp³-hybridized carbons (Fsp3) is 0.538. The third kappa shape index (κ3) is 3.37. The second-order valence-corrected chi connectivity index (χ2v) is 5.81. The van der Waals surface area contributed by atoms with Gasteiger partial charge in [-0.25, -0.2) is 0 Å². The molecule has 1 atom stereocenters. The number of amides is 2. The molecule has 1 saturated heterocycles. The van der Waals surface area contributed by atoms with Crippen LogP contribution < -0.4 is 5.32 Å². The molecule has 1 aliphatic heterocycles. The molecule has 0 spiro atoms. The molecule has 2 rings (SSSR count). The Balaban J connectivity index is 1.84. The van der Waals surface area contributed by atoms with Crippen LogP contribution in [0.25, 0.3) is 0 Å². The Labute approximate surface area is 120 Å². The summed E-state index contributed by atoms with van der Waals surface area (Å²) >= 11 is 3.15. The van der Waals surface area contributed by atoms with Crippen molar-refractivity contribution in [1.29, 1.82) is 0 Å². The summed E-state index contributed by atoms with van der Waals surface area (Å²) in [6.45, 7) is 5.20. The van der Waals surface area contributed by atoms with Crippen LogP contribution in [-0.2, 0) is 4.79 Å². The molecule has 1 aromatic rings. The van der Waals surface area contributed by atoms with Crippen LogP contribution in [0.4, 0.5) is 0 Å². The SMILES string of the molecule is CC(C)N1CC(CNC(=O)c2ccc(Br)o2)CC1=O. The summed E-state index contributed by atoms with van der Waals surface area (Å²) in [5, 5.41) is 2.80. The molecule has 2 amide bonds. The van der Waals surface area contributed by atoms with E-state index in [1.165, 1.54) is 0 Å². The number of hydrogen-bond acceptors (Lipinski definition) is 3. The molecule has 1 aromatic heterocycles. The maximum Gasteiger partial charge on any atom is 0.287 e. The van der Waals surface area contributed by atoms with Crippen molar-refractivity contribution in [2.24, 2.45) is 5.92 Å². The molecular formula is C13H17BrN2O3. The standard InChI is InChI=1S/C13H17BrN2O3/c1-8(2)16-7-9(5-12(16)17)6-15-13(18)10-3-4-11(14)19-10/h3-4,8-9H,5-7H2,1-2H3,(H,15,18). The van der Waals surface area contributed by atoms with E-state index in [2.05, 4.69) is 21.2 Å². The summed E-state index contributed by atoms with van der Waals surface area (Å²) in [7, 11) is 0. The van der Waals surface area contributed by atoms with Gasteiger partial charge in [0.2, 0.25) is 5.91 Å². The van der Waals surface area contributed by atoms with Gasteiger partial charge in [0.25, 0.3) is 5.91 Å². The maximum absolute atomic E-state index is 11.8. The molecule has 0 radical (unpaired) electrons. The first-order valence-corrected chi connectivity index (χ1v) is 7.09. The predicted molar refractivity (Wildman–Crippen MR) is 73.7 cm³/mol. The Morgan fingerprint density at radius 2 is 2.32 bits per heavy atom. The van der Waals surface area contributed by atoms with Gasteiger partial charge in [-0.2, -0.15) is 0 Å². The van der Waals surface area contributed by atoms with E-state index >= 15 is 0 Å². The van der Waals surface area contributed by atoms with Crippen LogP contribution in [0.5, 0.6) is 0 Å². The first-order valence-electron chi connectivity index (χ1n) is 6.30. The molecule has 0 saturated carbocycles. The van der Waals surface area contributed by atoms with Gasteiger partial charge in [-0.1, -0.05) is 0 Å². The zero-order chi connectivity index (χ0) is 14.0. The molecule has 1 fully saturated rings. The van der Waals surface area contributed by atoms with Gasteiger partial charge in [-0.15, -0.1) is 0 Å². The summed E-state index contributed by atoms with van der Waals surface area (Å²) in [5.74, 6) is 0.366. The first kappa shape index (κ1) is 14.1. The van der Waals surface area contributed by atoms with E-state index in [4.69, 9.17) is 4.42 Å². The van der Waals surface area contributed by atoms with E-state index < -0.39 is 0 Å². The molecule has 104 valence electrons. The van der Waals surface area contributed by atoms with Crippen LogP contribution in [0.3, 0.4) is 0 Å². The smallest absolute Gasteiger partial charge is 0.287 e. The number of hydrogen-bond donors (Lipinski definition) is 1. The van der Waals surface area contributed by atoms with Crippen molar-refractivity contribution in [2.45, 2.75) is 26.3 Å². The van der Waals surface area contributed by atoms with Gasteiger partial charge in [-0.05, 0) is 41.9 Å². The van der Waals surface area contributed by atoms with Gasteiger partial charge in [0.15, 0.2) is 10.4 Å².